The molecule has 0 spiro atoms. The number of sulfonamides is 1. The molecule has 0 aliphatic heterocycles. The molecule has 4 rings (SSSR count). The molecule has 0 atom stereocenters. The van der Waals surface area contributed by atoms with Crippen LogP contribution in [-0.4, -0.2) is 18.3 Å². The largest absolute Gasteiger partial charge is 0.279 e. The van der Waals surface area contributed by atoms with Gasteiger partial charge < -0.3 is 0 Å². The normalized spacial score (nSPS) is 11.3. The third kappa shape index (κ3) is 4.30. The fraction of sp³-hybridized carbons (Fsp3) is 0. The van der Waals surface area contributed by atoms with Crippen LogP contribution in [0.1, 0.15) is 0 Å². The van der Waals surface area contributed by atoms with Gasteiger partial charge >= 0.3 is 0 Å². The molecular formula is C21H14FN3O4S2. The van der Waals surface area contributed by atoms with Crippen LogP contribution in [0, 0.1) is 15.9 Å². The Labute approximate surface area is 181 Å². The average molecular weight is 455 g/mol. The van der Waals surface area contributed by atoms with Crippen molar-refractivity contribution in [1.82, 2.24) is 4.98 Å². The van der Waals surface area contributed by atoms with Crippen molar-refractivity contribution >= 4 is 32.7 Å². The topological polar surface area (TPSA) is 102 Å². The van der Waals surface area contributed by atoms with E-state index < -0.39 is 20.8 Å². The number of thiazole rings is 1. The quantitative estimate of drug-likeness (QED) is 0.313. The molecule has 1 aromatic heterocycles. The van der Waals surface area contributed by atoms with Gasteiger partial charge in [-0.15, -0.1) is 11.3 Å². The number of halogens is 1. The lowest BCUT2D eigenvalue weighted by Gasteiger charge is -2.11. The number of benzene rings is 3. The fourth-order valence-corrected chi connectivity index (χ4v) is 4.83. The predicted molar refractivity (Wildman–Crippen MR) is 117 cm³/mol. The van der Waals surface area contributed by atoms with Gasteiger partial charge in [-0.3, -0.25) is 14.8 Å². The van der Waals surface area contributed by atoms with Crippen molar-refractivity contribution in [3.05, 3.63) is 94.1 Å². The second-order valence-electron chi connectivity index (χ2n) is 6.42. The minimum Gasteiger partial charge on any atom is -0.279 e. The summed E-state index contributed by atoms with van der Waals surface area (Å²) >= 11 is 1.25. The van der Waals surface area contributed by atoms with Crippen LogP contribution in [0.5, 0.6) is 0 Å². The summed E-state index contributed by atoms with van der Waals surface area (Å²) in [5.41, 5.74) is 1.45. The molecule has 0 aliphatic carbocycles. The molecule has 0 saturated heterocycles. The predicted octanol–water partition coefficient (Wildman–Crippen LogP) is 5.33. The van der Waals surface area contributed by atoms with Gasteiger partial charge in [-0.2, -0.15) is 0 Å². The molecule has 0 bridgehead atoms. The van der Waals surface area contributed by atoms with Crippen LogP contribution in [0.2, 0.25) is 0 Å². The fourth-order valence-electron chi connectivity index (χ4n) is 2.90. The Morgan fingerprint density at radius 2 is 1.58 bits per heavy atom. The molecule has 31 heavy (non-hydrogen) atoms. The molecule has 1 N–H and O–H groups in total. The molecule has 0 unspecified atom stereocenters. The van der Waals surface area contributed by atoms with Crippen molar-refractivity contribution < 1.29 is 17.7 Å². The number of nitro benzene ring substituents is 1. The summed E-state index contributed by atoms with van der Waals surface area (Å²) < 4.78 is 42.2. The monoisotopic (exact) mass is 455 g/mol. The van der Waals surface area contributed by atoms with Gasteiger partial charge in [0.05, 0.1) is 21.2 Å². The number of nitro groups is 1. The van der Waals surface area contributed by atoms with E-state index in [1.165, 1.54) is 29.5 Å². The molecule has 0 radical (unpaired) electrons. The zero-order valence-corrected chi connectivity index (χ0v) is 17.4. The zero-order valence-electron chi connectivity index (χ0n) is 15.7. The number of non-ortho nitro benzene ring substituents is 1. The highest BCUT2D eigenvalue weighted by Gasteiger charge is 2.19. The Balaban J connectivity index is 1.67. The third-order valence-corrected chi connectivity index (χ3v) is 6.67. The lowest BCUT2D eigenvalue weighted by atomic mass is 10.1. The van der Waals surface area contributed by atoms with E-state index in [9.17, 15) is 22.9 Å². The van der Waals surface area contributed by atoms with Crippen LogP contribution in [0.3, 0.4) is 0 Å². The molecule has 0 amide bonds. The van der Waals surface area contributed by atoms with Crippen molar-refractivity contribution in [2.24, 2.45) is 0 Å². The second-order valence-corrected chi connectivity index (χ2v) is 8.96. The second kappa shape index (κ2) is 8.25. The number of nitrogens with zero attached hydrogens (tertiary/aromatic N) is 2. The Morgan fingerprint density at radius 1 is 0.935 bits per heavy atom. The number of aromatic nitrogens is 1. The summed E-state index contributed by atoms with van der Waals surface area (Å²) in [7, 11) is -4.00. The van der Waals surface area contributed by atoms with Crippen LogP contribution in [-0.2, 0) is 10.0 Å². The molecular weight excluding hydrogens is 441 g/mol. The SMILES string of the molecule is O=[N+]([O-])c1ccc(S(=O)(=O)Nc2ccccc2-c2csc(-c3ccccc3F)n2)cc1. The van der Waals surface area contributed by atoms with Gasteiger partial charge in [0.2, 0.25) is 0 Å². The summed E-state index contributed by atoms with van der Waals surface area (Å²) in [6, 6.07) is 17.6. The molecule has 1 heterocycles. The van der Waals surface area contributed by atoms with Gasteiger partial charge in [-0.1, -0.05) is 30.3 Å². The van der Waals surface area contributed by atoms with Gasteiger partial charge in [-0.05, 0) is 30.3 Å². The number of rotatable bonds is 6. The van der Waals surface area contributed by atoms with E-state index in [0.29, 0.717) is 21.8 Å². The smallest absolute Gasteiger partial charge is 0.269 e. The summed E-state index contributed by atoms with van der Waals surface area (Å²) in [6.45, 7) is 0. The number of hydrogen-bond acceptors (Lipinski definition) is 6. The van der Waals surface area contributed by atoms with E-state index in [4.69, 9.17) is 0 Å². The zero-order chi connectivity index (χ0) is 22.0. The first-order chi connectivity index (χ1) is 14.8. The first-order valence-corrected chi connectivity index (χ1v) is 11.3. The summed E-state index contributed by atoms with van der Waals surface area (Å²) in [5.74, 6) is -0.393. The first kappa shape index (κ1) is 20.6. The molecule has 0 aliphatic rings. The Kier molecular flexibility index (Phi) is 5.49. The lowest BCUT2D eigenvalue weighted by molar-refractivity contribution is -0.384. The summed E-state index contributed by atoms with van der Waals surface area (Å²) in [5, 5.41) is 13.0. The van der Waals surface area contributed by atoms with Gasteiger partial charge in [0.25, 0.3) is 15.7 Å². The van der Waals surface area contributed by atoms with E-state index in [0.717, 1.165) is 12.1 Å². The summed E-state index contributed by atoms with van der Waals surface area (Å²) in [4.78, 5) is 14.6. The van der Waals surface area contributed by atoms with Crippen molar-refractivity contribution in [2.45, 2.75) is 4.90 Å². The van der Waals surface area contributed by atoms with Crippen molar-refractivity contribution in [2.75, 3.05) is 4.72 Å². The minimum absolute atomic E-state index is 0.113. The number of hydrogen-bond donors (Lipinski definition) is 1. The van der Waals surface area contributed by atoms with Gasteiger partial charge in [0.1, 0.15) is 10.8 Å². The highest BCUT2D eigenvalue weighted by Crippen LogP contribution is 2.34. The molecule has 3 aromatic carbocycles. The first-order valence-electron chi connectivity index (χ1n) is 8.92. The van der Waals surface area contributed by atoms with Crippen molar-refractivity contribution in [3.63, 3.8) is 0 Å². The van der Waals surface area contributed by atoms with Crippen molar-refractivity contribution in [3.8, 4) is 21.8 Å². The van der Waals surface area contributed by atoms with E-state index in [1.807, 2.05) is 0 Å². The molecule has 7 nitrogen and oxygen atoms in total. The maximum Gasteiger partial charge on any atom is 0.269 e. The average Bonchev–Trinajstić information content (AvgIpc) is 3.24. The Bertz CT molecular complexity index is 1370. The molecule has 0 saturated carbocycles. The van der Waals surface area contributed by atoms with Crippen LogP contribution in [0.15, 0.2) is 83.1 Å². The van der Waals surface area contributed by atoms with E-state index in [2.05, 4.69) is 9.71 Å². The van der Waals surface area contributed by atoms with Gasteiger partial charge in [-0.25, -0.2) is 17.8 Å². The van der Waals surface area contributed by atoms with Crippen LogP contribution >= 0.6 is 11.3 Å². The summed E-state index contributed by atoms with van der Waals surface area (Å²) in [6.07, 6.45) is 0. The molecule has 156 valence electrons. The maximum atomic E-state index is 14.1. The van der Waals surface area contributed by atoms with E-state index >= 15 is 0 Å². The van der Waals surface area contributed by atoms with E-state index in [1.54, 1.807) is 47.8 Å². The van der Waals surface area contributed by atoms with Gasteiger partial charge in [0, 0.05) is 28.6 Å². The third-order valence-electron chi connectivity index (χ3n) is 4.41. The number of nitrogens with one attached hydrogen (secondary N) is 1. The molecule has 4 aromatic rings. The van der Waals surface area contributed by atoms with Gasteiger partial charge in [0.15, 0.2) is 0 Å². The van der Waals surface area contributed by atoms with Crippen LogP contribution < -0.4 is 4.72 Å². The number of para-hydroxylation sites is 1. The minimum atomic E-state index is -4.00. The highest BCUT2D eigenvalue weighted by molar-refractivity contribution is 7.92. The van der Waals surface area contributed by atoms with Crippen LogP contribution in [0.4, 0.5) is 15.8 Å². The maximum absolute atomic E-state index is 14.1. The standard InChI is InChI=1S/C21H14FN3O4S2/c22-18-7-3-1-5-16(18)21-23-20(13-30-21)17-6-2-4-8-19(17)24-31(28,29)15-11-9-14(10-12-15)25(26)27/h1-13,24H. The highest BCUT2D eigenvalue weighted by atomic mass is 32.2. The Hall–Kier alpha value is -3.63. The number of anilines is 1. The Morgan fingerprint density at radius 3 is 2.26 bits per heavy atom. The molecule has 10 heteroatoms. The van der Waals surface area contributed by atoms with Crippen molar-refractivity contribution in [1.29, 1.82) is 0 Å². The lowest BCUT2D eigenvalue weighted by Crippen LogP contribution is -2.13. The van der Waals surface area contributed by atoms with E-state index in [-0.39, 0.29) is 16.3 Å². The van der Waals surface area contributed by atoms with Crippen LogP contribution in [0.25, 0.3) is 21.8 Å². The molecule has 0 fully saturated rings.